The fourth-order valence-corrected chi connectivity index (χ4v) is 4.68. The van der Waals surface area contributed by atoms with Crippen LogP contribution in [0, 0.1) is 19.8 Å². The Morgan fingerprint density at radius 1 is 1.23 bits per heavy atom. The van der Waals surface area contributed by atoms with Crippen molar-refractivity contribution in [2.45, 2.75) is 39.4 Å². The molecule has 1 unspecified atom stereocenters. The Kier molecular flexibility index (Phi) is 7.68. The molecule has 0 aromatic heterocycles. The molecule has 1 aliphatic rings. The van der Waals surface area contributed by atoms with E-state index in [2.05, 4.69) is 19.2 Å². The van der Waals surface area contributed by atoms with E-state index in [0.29, 0.717) is 22.4 Å². The monoisotopic (exact) mass is 477 g/mol. The first kappa shape index (κ1) is 23.6. The molecule has 1 saturated heterocycles. The number of nitrogens with zero attached hydrogens (tertiary/aromatic N) is 2. The molecular formula is C23H25Cl2N3O2S. The number of carbonyl (C=O) groups excluding carboxylic acids is 2. The summed E-state index contributed by atoms with van der Waals surface area (Å²) in [5, 5.41) is 3.48. The summed E-state index contributed by atoms with van der Waals surface area (Å²) in [6.07, 6.45) is 0.0206. The third kappa shape index (κ3) is 5.82. The van der Waals surface area contributed by atoms with Crippen LogP contribution in [-0.4, -0.2) is 33.7 Å². The fraction of sp³-hybridized carbons (Fsp3) is 0.348. The van der Waals surface area contributed by atoms with Crippen LogP contribution in [-0.2, 0) is 9.59 Å². The van der Waals surface area contributed by atoms with Gasteiger partial charge in [0.15, 0.2) is 5.17 Å². The number of amides is 2. The number of thioether (sulfide) groups is 1. The van der Waals surface area contributed by atoms with Crippen molar-refractivity contribution in [3.8, 4) is 0 Å². The summed E-state index contributed by atoms with van der Waals surface area (Å²) < 4.78 is 0. The Morgan fingerprint density at radius 3 is 2.68 bits per heavy atom. The SMILES string of the molecule is Cc1ccc(C)c(N=C2SC(CC(=O)Nc3cccc(Cl)c3Cl)C(=O)N2CC(C)C)c1. The maximum Gasteiger partial charge on any atom is 0.242 e. The van der Waals surface area contributed by atoms with Crippen LogP contribution in [0.1, 0.15) is 31.4 Å². The minimum Gasteiger partial charge on any atom is -0.325 e. The molecule has 0 radical (unpaired) electrons. The fourth-order valence-electron chi connectivity index (χ4n) is 3.17. The Labute approximate surface area is 197 Å². The van der Waals surface area contributed by atoms with Gasteiger partial charge in [-0.3, -0.25) is 14.5 Å². The maximum absolute atomic E-state index is 13.1. The number of carbonyl (C=O) groups is 2. The lowest BCUT2D eigenvalue weighted by Crippen LogP contribution is -2.36. The number of aliphatic imine (C=N–C) groups is 1. The lowest BCUT2D eigenvalue weighted by molar-refractivity contribution is -0.128. The van der Waals surface area contributed by atoms with Gasteiger partial charge in [-0.15, -0.1) is 0 Å². The zero-order chi connectivity index (χ0) is 22.7. The number of hydrogen-bond donors (Lipinski definition) is 1. The first-order chi connectivity index (χ1) is 14.7. The standard InChI is InChI=1S/C23H25Cl2N3O2S/c1-13(2)12-28-22(30)19(11-20(29)26-17-7-5-6-16(24)21(17)25)31-23(28)27-18-10-14(3)8-9-15(18)4/h5-10,13,19H,11-12H2,1-4H3,(H,26,29). The molecule has 0 spiro atoms. The van der Waals surface area contributed by atoms with Gasteiger partial charge in [0.2, 0.25) is 11.8 Å². The number of benzene rings is 2. The second-order valence-electron chi connectivity index (χ2n) is 7.99. The molecule has 2 aromatic carbocycles. The molecule has 1 atom stereocenters. The third-order valence-corrected chi connectivity index (χ3v) is 6.74. The molecule has 5 nitrogen and oxygen atoms in total. The first-order valence-electron chi connectivity index (χ1n) is 10.0. The van der Waals surface area contributed by atoms with Crippen LogP contribution >= 0.6 is 35.0 Å². The molecule has 3 rings (SSSR count). The van der Waals surface area contributed by atoms with Crippen molar-refractivity contribution in [3.05, 3.63) is 57.6 Å². The molecule has 1 fully saturated rings. The van der Waals surface area contributed by atoms with Crippen molar-refractivity contribution >= 4 is 63.3 Å². The Hall–Kier alpha value is -2.02. The van der Waals surface area contributed by atoms with Gasteiger partial charge in [-0.25, -0.2) is 4.99 Å². The van der Waals surface area contributed by atoms with Crippen LogP contribution in [0.2, 0.25) is 10.0 Å². The van der Waals surface area contributed by atoms with Crippen molar-refractivity contribution in [1.82, 2.24) is 4.90 Å². The summed E-state index contributed by atoms with van der Waals surface area (Å²) in [4.78, 5) is 32.2. The summed E-state index contributed by atoms with van der Waals surface area (Å²) in [6.45, 7) is 8.65. The van der Waals surface area contributed by atoms with Gasteiger partial charge < -0.3 is 5.32 Å². The number of rotatable bonds is 6. The molecule has 0 saturated carbocycles. The number of aryl methyl sites for hydroxylation is 2. The van der Waals surface area contributed by atoms with Crippen LogP contribution in [0.25, 0.3) is 0 Å². The van der Waals surface area contributed by atoms with Gasteiger partial charge in [0.1, 0.15) is 5.25 Å². The van der Waals surface area contributed by atoms with E-state index in [4.69, 9.17) is 28.2 Å². The minimum atomic E-state index is -0.541. The van der Waals surface area contributed by atoms with E-state index >= 15 is 0 Å². The minimum absolute atomic E-state index is 0.0206. The van der Waals surface area contributed by atoms with Crippen molar-refractivity contribution < 1.29 is 9.59 Å². The second kappa shape index (κ2) is 10.1. The number of hydrogen-bond acceptors (Lipinski definition) is 4. The van der Waals surface area contributed by atoms with Crippen LogP contribution in [0.4, 0.5) is 11.4 Å². The predicted molar refractivity (Wildman–Crippen MR) is 131 cm³/mol. The number of nitrogens with one attached hydrogen (secondary N) is 1. The van der Waals surface area contributed by atoms with E-state index < -0.39 is 5.25 Å². The van der Waals surface area contributed by atoms with Gasteiger partial charge in [0.05, 0.1) is 21.4 Å². The van der Waals surface area contributed by atoms with Gasteiger partial charge >= 0.3 is 0 Å². The van der Waals surface area contributed by atoms with Crippen LogP contribution < -0.4 is 5.32 Å². The molecule has 2 aromatic rings. The Morgan fingerprint density at radius 2 is 1.97 bits per heavy atom. The molecule has 0 aliphatic carbocycles. The first-order valence-corrected chi connectivity index (χ1v) is 11.7. The van der Waals surface area contributed by atoms with E-state index in [1.165, 1.54) is 11.8 Å². The highest BCUT2D eigenvalue weighted by Gasteiger charge is 2.39. The van der Waals surface area contributed by atoms with Gasteiger partial charge in [-0.1, -0.05) is 67.0 Å². The van der Waals surface area contributed by atoms with E-state index in [1.54, 1.807) is 23.1 Å². The molecule has 1 aliphatic heterocycles. The zero-order valence-corrected chi connectivity index (χ0v) is 20.2. The molecule has 164 valence electrons. The number of amidine groups is 1. The lowest BCUT2D eigenvalue weighted by atomic mass is 10.1. The zero-order valence-electron chi connectivity index (χ0n) is 17.9. The largest absolute Gasteiger partial charge is 0.325 e. The van der Waals surface area contributed by atoms with E-state index in [-0.39, 0.29) is 29.2 Å². The van der Waals surface area contributed by atoms with Gasteiger partial charge in [-0.05, 0) is 49.1 Å². The van der Waals surface area contributed by atoms with Crippen molar-refractivity contribution in [1.29, 1.82) is 0 Å². The molecule has 31 heavy (non-hydrogen) atoms. The van der Waals surface area contributed by atoms with Gasteiger partial charge in [-0.2, -0.15) is 0 Å². The van der Waals surface area contributed by atoms with Crippen molar-refractivity contribution in [3.63, 3.8) is 0 Å². The van der Waals surface area contributed by atoms with Crippen LogP contribution in [0.5, 0.6) is 0 Å². The molecule has 0 bridgehead atoms. The molecule has 1 N–H and O–H groups in total. The van der Waals surface area contributed by atoms with E-state index in [9.17, 15) is 9.59 Å². The van der Waals surface area contributed by atoms with Crippen LogP contribution in [0.15, 0.2) is 41.4 Å². The quantitative estimate of drug-likeness (QED) is 0.536. The molecule has 1 heterocycles. The highest BCUT2D eigenvalue weighted by Crippen LogP contribution is 2.34. The topological polar surface area (TPSA) is 61.8 Å². The van der Waals surface area contributed by atoms with E-state index in [0.717, 1.165) is 16.8 Å². The highest BCUT2D eigenvalue weighted by atomic mass is 35.5. The van der Waals surface area contributed by atoms with Gasteiger partial charge in [0, 0.05) is 13.0 Å². The summed E-state index contributed by atoms with van der Waals surface area (Å²) in [6, 6.07) is 11.1. The summed E-state index contributed by atoms with van der Waals surface area (Å²) in [7, 11) is 0. The average Bonchev–Trinajstić information content (AvgIpc) is 2.96. The number of anilines is 1. The maximum atomic E-state index is 13.1. The van der Waals surface area contributed by atoms with Gasteiger partial charge in [0.25, 0.3) is 0 Å². The smallest absolute Gasteiger partial charge is 0.242 e. The normalized spacial score (nSPS) is 17.6. The number of halogens is 2. The second-order valence-corrected chi connectivity index (χ2v) is 9.94. The average molecular weight is 478 g/mol. The highest BCUT2D eigenvalue weighted by molar-refractivity contribution is 8.15. The third-order valence-electron chi connectivity index (χ3n) is 4.74. The Bertz CT molecular complexity index is 1040. The lowest BCUT2D eigenvalue weighted by Gasteiger charge is -2.19. The summed E-state index contributed by atoms with van der Waals surface area (Å²) in [5.74, 6) is -0.131. The van der Waals surface area contributed by atoms with Crippen molar-refractivity contribution in [2.24, 2.45) is 10.9 Å². The summed E-state index contributed by atoms with van der Waals surface area (Å²) in [5.41, 5.74) is 3.40. The Balaban J connectivity index is 1.81. The van der Waals surface area contributed by atoms with Crippen molar-refractivity contribution in [2.75, 3.05) is 11.9 Å². The molecule has 2 amide bonds. The summed E-state index contributed by atoms with van der Waals surface area (Å²) >= 11 is 13.5. The molecular weight excluding hydrogens is 453 g/mol. The van der Waals surface area contributed by atoms with Crippen LogP contribution in [0.3, 0.4) is 0 Å². The predicted octanol–water partition coefficient (Wildman–Crippen LogP) is 6.23. The molecule has 8 heteroatoms. The van der Waals surface area contributed by atoms with E-state index in [1.807, 2.05) is 32.0 Å².